The van der Waals surface area contributed by atoms with Gasteiger partial charge in [0.1, 0.15) is 0 Å². The third-order valence-electron chi connectivity index (χ3n) is 3.54. The van der Waals surface area contributed by atoms with Crippen molar-refractivity contribution in [3.8, 4) is 0 Å². The van der Waals surface area contributed by atoms with Crippen molar-refractivity contribution in [1.82, 2.24) is 0 Å². The zero-order valence-corrected chi connectivity index (χ0v) is 11.6. The molecule has 3 nitrogen and oxygen atoms in total. The molecule has 0 aliphatic heterocycles. The summed E-state index contributed by atoms with van der Waals surface area (Å²) in [7, 11) is 0. The lowest BCUT2D eigenvalue weighted by Gasteiger charge is -2.38. The Morgan fingerprint density at radius 3 is 2.65 bits per heavy atom. The van der Waals surface area contributed by atoms with Gasteiger partial charge in [-0.25, -0.2) is 0 Å². The van der Waals surface area contributed by atoms with Crippen LogP contribution < -0.4 is 5.73 Å². The average Bonchev–Trinajstić information content (AvgIpc) is 2.13. The normalized spacial score (nSPS) is 27.9. The molecule has 0 amide bonds. The second-order valence-electron chi connectivity index (χ2n) is 6.39. The van der Waals surface area contributed by atoms with Crippen LogP contribution in [-0.4, -0.2) is 18.5 Å². The van der Waals surface area contributed by atoms with Crippen molar-refractivity contribution in [1.29, 1.82) is 5.41 Å². The summed E-state index contributed by atoms with van der Waals surface area (Å²) in [6, 6.07) is 0. The quantitative estimate of drug-likeness (QED) is 0.425. The highest BCUT2D eigenvalue weighted by atomic mass is 16.5. The van der Waals surface area contributed by atoms with E-state index in [4.69, 9.17) is 15.9 Å². The number of amidine groups is 1. The van der Waals surface area contributed by atoms with Crippen LogP contribution in [0.25, 0.3) is 0 Å². The maximum absolute atomic E-state index is 7.14. The Kier molecular flexibility index (Phi) is 5.44. The number of nitrogens with two attached hydrogens (primary N) is 1. The topological polar surface area (TPSA) is 59.1 Å². The van der Waals surface area contributed by atoms with Gasteiger partial charge in [0.05, 0.1) is 11.9 Å². The highest BCUT2D eigenvalue weighted by Gasteiger charge is 2.32. The van der Waals surface area contributed by atoms with Crippen molar-refractivity contribution >= 4 is 5.84 Å². The minimum absolute atomic E-state index is 0.289. The van der Waals surface area contributed by atoms with E-state index < -0.39 is 0 Å². The number of hydrogen-bond acceptors (Lipinski definition) is 2. The summed E-state index contributed by atoms with van der Waals surface area (Å²) < 4.78 is 5.96. The molecule has 0 heterocycles. The van der Waals surface area contributed by atoms with E-state index in [-0.39, 0.29) is 5.84 Å². The molecule has 2 unspecified atom stereocenters. The van der Waals surface area contributed by atoms with Gasteiger partial charge in [-0.2, -0.15) is 0 Å². The van der Waals surface area contributed by atoms with E-state index in [2.05, 4.69) is 20.8 Å². The summed E-state index contributed by atoms with van der Waals surface area (Å²) >= 11 is 0. The molecule has 0 radical (unpaired) electrons. The van der Waals surface area contributed by atoms with Crippen LogP contribution in [0, 0.1) is 16.7 Å². The van der Waals surface area contributed by atoms with Crippen molar-refractivity contribution in [2.24, 2.45) is 17.1 Å². The number of rotatable bonds is 6. The fourth-order valence-corrected chi connectivity index (χ4v) is 3.05. The van der Waals surface area contributed by atoms with Crippen molar-refractivity contribution in [2.45, 2.75) is 65.4 Å². The Morgan fingerprint density at radius 1 is 1.35 bits per heavy atom. The fraction of sp³-hybridized carbons (Fsp3) is 0.929. The maximum Gasteiger partial charge on any atom is 0.0905 e. The van der Waals surface area contributed by atoms with Crippen LogP contribution >= 0.6 is 0 Å². The van der Waals surface area contributed by atoms with Crippen LogP contribution in [0.2, 0.25) is 0 Å². The monoisotopic (exact) mass is 240 g/mol. The van der Waals surface area contributed by atoms with Gasteiger partial charge in [-0.1, -0.05) is 20.8 Å². The SMILES string of the molecule is CC1CC(OCCCCC(=N)N)CC(C)(C)C1. The van der Waals surface area contributed by atoms with Crippen LogP contribution in [0.3, 0.4) is 0 Å². The van der Waals surface area contributed by atoms with E-state index in [9.17, 15) is 0 Å². The van der Waals surface area contributed by atoms with E-state index in [0.29, 0.717) is 17.9 Å². The Balaban J connectivity index is 2.16. The predicted octanol–water partition coefficient (Wildman–Crippen LogP) is 3.32. The molecular weight excluding hydrogens is 212 g/mol. The minimum Gasteiger partial charge on any atom is -0.388 e. The second kappa shape index (κ2) is 6.39. The molecule has 100 valence electrons. The molecule has 2 atom stereocenters. The van der Waals surface area contributed by atoms with Gasteiger partial charge in [0.15, 0.2) is 0 Å². The summed E-state index contributed by atoms with van der Waals surface area (Å²) in [4.78, 5) is 0. The van der Waals surface area contributed by atoms with Crippen LogP contribution in [0.1, 0.15) is 59.3 Å². The van der Waals surface area contributed by atoms with Gasteiger partial charge < -0.3 is 10.5 Å². The lowest BCUT2D eigenvalue weighted by Crippen LogP contribution is -2.32. The molecule has 0 aromatic carbocycles. The first-order valence-electron chi connectivity index (χ1n) is 6.83. The number of nitrogens with one attached hydrogen (secondary N) is 1. The zero-order chi connectivity index (χ0) is 12.9. The summed E-state index contributed by atoms with van der Waals surface area (Å²) in [5.74, 6) is 1.07. The standard InChI is InChI=1S/C14H28N2O/c1-11-8-12(10-14(2,3)9-11)17-7-5-4-6-13(15)16/h11-12H,4-10H2,1-3H3,(H3,15,16). The summed E-state index contributed by atoms with van der Waals surface area (Å²) in [6.45, 7) is 7.83. The smallest absolute Gasteiger partial charge is 0.0905 e. The minimum atomic E-state index is 0.289. The lowest BCUT2D eigenvalue weighted by atomic mass is 9.71. The fourth-order valence-electron chi connectivity index (χ4n) is 3.05. The van der Waals surface area contributed by atoms with E-state index in [1.807, 2.05) is 0 Å². The van der Waals surface area contributed by atoms with Gasteiger partial charge in [0.25, 0.3) is 0 Å². The Morgan fingerprint density at radius 2 is 2.06 bits per heavy atom. The van der Waals surface area contributed by atoms with Crippen molar-refractivity contribution in [3.05, 3.63) is 0 Å². The Hall–Kier alpha value is -0.570. The zero-order valence-electron chi connectivity index (χ0n) is 11.6. The molecule has 0 spiro atoms. The van der Waals surface area contributed by atoms with E-state index in [0.717, 1.165) is 25.4 Å². The molecular formula is C14H28N2O. The molecule has 0 aromatic rings. The van der Waals surface area contributed by atoms with Crippen molar-refractivity contribution < 1.29 is 4.74 Å². The second-order valence-corrected chi connectivity index (χ2v) is 6.39. The first kappa shape index (κ1) is 14.5. The lowest BCUT2D eigenvalue weighted by molar-refractivity contribution is -0.0238. The molecule has 0 bridgehead atoms. The maximum atomic E-state index is 7.14. The molecule has 0 saturated heterocycles. The molecule has 3 N–H and O–H groups in total. The molecule has 1 saturated carbocycles. The van der Waals surface area contributed by atoms with E-state index in [1.54, 1.807) is 0 Å². The molecule has 17 heavy (non-hydrogen) atoms. The van der Waals surface area contributed by atoms with Crippen LogP contribution in [0.4, 0.5) is 0 Å². The summed E-state index contributed by atoms with van der Waals surface area (Å²) in [6.07, 6.45) is 6.84. The van der Waals surface area contributed by atoms with Gasteiger partial charge in [-0.15, -0.1) is 0 Å². The van der Waals surface area contributed by atoms with Crippen molar-refractivity contribution in [3.63, 3.8) is 0 Å². The molecule has 3 heteroatoms. The first-order chi connectivity index (χ1) is 7.89. The highest BCUT2D eigenvalue weighted by molar-refractivity contribution is 5.76. The molecule has 1 aliphatic carbocycles. The summed E-state index contributed by atoms with van der Waals surface area (Å²) in [5.41, 5.74) is 5.75. The Bertz CT molecular complexity index is 251. The van der Waals surface area contributed by atoms with Crippen LogP contribution in [0.15, 0.2) is 0 Å². The number of hydrogen-bond donors (Lipinski definition) is 2. The molecule has 1 aliphatic rings. The van der Waals surface area contributed by atoms with Gasteiger partial charge in [0.2, 0.25) is 0 Å². The van der Waals surface area contributed by atoms with Gasteiger partial charge in [-0.05, 0) is 43.4 Å². The molecule has 1 fully saturated rings. The van der Waals surface area contributed by atoms with Crippen molar-refractivity contribution in [2.75, 3.05) is 6.61 Å². The van der Waals surface area contributed by atoms with Gasteiger partial charge >= 0.3 is 0 Å². The average molecular weight is 240 g/mol. The number of unbranched alkanes of at least 4 members (excludes halogenated alkanes) is 1. The third-order valence-corrected chi connectivity index (χ3v) is 3.54. The largest absolute Gasteiger partial charge is 0.388 e. The van der Waals surface area contributed by atoms with Crippen LogP contribution in [-0.2, 0) is 4.74 Å². The number of ether oxygens (including phenoxy) is 1. The van der Waals surface area contributed by atoms with Crippen LogP contribution in [0.5, 0.6) is 0 Å². The van der Waals surface area contributed by atoms with E-state index in [1.165, 1.54) is 19.3 Å². The Labute approximate surface area is 106 Å². The van der Waals surface area contributed by atoms with E-state index >= 15 is 0 Å². The highest BCUT2D eigenvalue weighted by Crippen LogP contribution is 2.39. The molecule has 0 aromatic heterocycles. The third kappa shape index (κ3) is 6.06. The van der Waals surface area contributed by atoms with Gasteiger partial charge in [-0.3, -0.25) is 5.41 Å². The first-order valence-corrected chi connectivity index (χ1v) is 6.83. The predicted molar refractivity (Wildman–Crippen MR) is 72.3 cm³/mol. The molecule has 1 rings (SSSR count). The summed E-state index contributed by atoms with van der Waals surface area (Å²) in [5, 5.41) is 7.14. The van der Waals surface area contributed by atoms with Gasteiger partial charge in [0, 0.05) is 13.0 Å².